The molecule has 0 bridgehead atoms. The zero-order valence-corrected chi connectivity index (χ0v) is 11.4. The highest BCUT2D eigenvalue weighted by molar-refractivity contribution is 7.99. The first-order chi connectivity index (χ1) is 8.15. The number of para-hydroxylation sites is 2. The van der Waals surface area contributed by atoms with Crippen LogP contribution in [-0.2, 0) is 0 Å². The topological polar surface area (TPSA) is 38.7 Å². The van der Waals surface area contributed by atoms with Gasteiger partial charge in [-0.25, -0.2) is 0 Å². The van der Waals surface area contributed by atoms with Gasteiger partial charge in [-0.1, -0.05) is 19.1 Å². The predicted molar refractivity (Wildman–Crippen MR) is 72.1 cm³/mol. The van der Waals surface area contributed by atoms with E-state index in [-0.39, 0.29) is 11.4 Å². The molecular formula is C13H20O3S. The van der Waals surface area contributed by atoms with Gasteiger partial charge in [-0.05, 0) is 19.1 Å². The van der Waals surface area contributed by atoms with Crippen molar-refractivity contribution in [2.45, 2.75) is 25.2 Å². The van der Waals surface area contributed by atoms with Gasteiger partial charge in [0.05, 0.1) is 19.8 Å². The van der Waals surface area contributed by atoms with Crippen molar-refractivity contribution < 1.29 is 14.6 Å². The Hall–Kier alpha value is -0.870. The maximum Gasteiger partial charge on any atom is 0.161 e. The average Bonchev–Trinajstić information content (AvgIpc) is 2.34. The van der Waals surface area contributed by atoms with E-state index in [0.29, 0.717) is 6.61 Å². The Bertz CT molecular complexity index is 328. The van der Waals surface area contributed by atoms with Crippen LogP contribution in [0.4, 0.5) is 0 Å². The van der Waals surface area contributed by atoms with Gasteiger partial charge in [0.1, 0.15) is 0 Å². The van der Waals surface area contributed by atoms with E-state index in [0.717, 1.165) is 17.3 Å². The van der Waals surface area contributed by atoms with Gasteiger partial charge in [0.2, 0.25) is 0 Å². The molecular weight excluding hydrogens is 236 g/mol. The molecule has 1 rings (SSSR count). The molecule has 0 amide bonds. The third-order valence-electron chi connectivity index (χ3n) is 2.47. The summed E-state index contributed by atoms with van der Waals surface area (Å²) in [7, 11) is 1.63. The average molecular weight is 256 g/mol. The molecule has 1 N–H and O–H groups in total. The van der Waals surface area contributed by atoms with E-state index >= 15 is 0 Å². The van der Waals surface area contributed by atoms with Crippen molar-refractivity contribution in [1.82, 2.24) is 0 Å². The van der Waals surface area contributed by atoms with Crippen molar-refractivity contribution in [3.05, 3.63) is 24.3 Å². The summed E-state index contributed by atoms with van der Waals surface area (Å²) < 4.78 is 10.8. The SMILES string of the molecule is COc1ccccc1OCCSC(C)C(C)O. The summed E-state index contributed by atoms with van der Waals surface area (Å²) in [5, 5.41) is 9.57. The summed E-state index contributed by atoms with van der Waals surface area (Å²) in [6.07, 6.45) is -0.286. The highest BCUT2D eigenvalue weighted by Crippen LogP contribution is 2.26. The lowest BCUT2D eigenvalue weighted by Crippen LogP contribution is -2.17. The first-order valence-corrected chi connectivity index (χ1v) is 6.75. The molecule has 0 radical (unpaired) electrons. The molecule has 1 aromatic rings. The third-order valence-corrected chi connectivity index (χ3v) is 3.79. The van der Waals surface area contributed by atoms with E-state index in [1.165, 1.54) is 0 Å². The number of aliphatic hydroxyl groups is 1. The standard InChI is InChI=1S/C13H20O3S/c1-10(14)11(2)17-9-8-16-13-7-5-4-6-12(13)15-3/h4-7,10-11,14H,8-9H2,1-3H3. The van der Waals surface area contributed by atoms with Gasteiger partial charge in [-0.2, -0.15) is 11.8 Å². The Morgan fingerprint density at radius 1 is 1.24 bits per heavy atom. The molecule has 0 spiro atoms. The van der Waals surface area contributed by atoms with Gasteiger partial charge >= 0.3 is 0 Å². The van der Waals surface area contributed by atoms with Crippen LogP contribution in [0.1, 0.15) is 13.8 Å². The van der Waals surface area contributed by atoms with Crippen molar-refractivity contribution in [2.24, 2.45) is 0 Å². The molecule has 0 aliphatic carbocycles. The van der Waals surface area contributed by atoms with Gasteiger partial charge < -0.3 is 14.6 Å². The summed E-state index contributed by atoms with van der Waals surface area (Å²) in [4.78, 5) is 0. The van der Waals surface area contributed by atoms with Gasteiger partial charge in [0.25, 0.3) is 0 Å². The summed E-state index contributed by atoms with van der Waals surface area (Å²) >= 11 is 1.70. The van der Waals surface area contributed by atoms with Crippen LogP contribution >= 0.6 is 11.8 Å². The lowest BCUT2D eigenvalue weighted by Gasteiger charge is -2.14. The van der Waals surface area contributed by atoms with Gasteiger partial charge in [-0.15, -0.1) is 0 Å². The summed E-state index contributed by atoms with van der Waals surface area (Å²) in [6, 6.07) is 7.60. The van der Waals surface area contributed by atoms with E-state index in [1.54, 1.807) is 25.8 Å². The largest absolute Gasteiger partial charge is 0.493 e. The number of benzene rings is 1. The van der Waals surface area contributed by atoms with Crippen LogP contribution in [0.25, 0.3) is 0 Å². The molecule has 0 aliphatic heterocycles. The number of methoxy groups -OCH3 is 1. The zero-order valence-electron chi connectivity index (χ0n) is 10.6. The Balaban J connectivity index is 2.31. The third kappa shape index (κ3) is 4.88. The fourth-order valence-electron chi connectivity index (χ4n) is 1.26. The Morgan fingerprint density at radius 2 is 1.88 bits per heavy atom. The highest BCUT2D eigenvalue weighted by atomic mass is 32.2. The minimum atomic E-state index is -0.286. The Morgan fingerprint density at radius 3 is 2.47 bits per heavy atom. The summed E-state index contributed by atoms with van der Waals surface area (Å²) in [5.41, 5.74) is 0. The van der Waals surface area contributed by atoms with Crippen LogP contribution in [0.3, 0.4) is 0 Å². The second-order valence-electron chi connectivity index (χ2n) is 3.82. The van der Waals surface area contributed by atoms with Crippen LogP contribution in [0.2, 0.25) is 0 Å². The molecule has 4 heteroatoms. The minimum Gasteiger partial charge on any atom is -0.493 e. The zero-order chi connectivity index (χ0) is 12.7. The maximum atomic E-state index is 9.34. The van der Waals surface area contributed by atoms with Crippen molar-refractivity contribution in [2.75, 3.05) is 19.5 Å². The van der Waals surface area contributed by atoms with Crippen LogP contribution in [0, 0.1) is 0 Å². The second kappa shape index (κ2) is 7.45. The molecule has 2 unspecified atom stereocenters. The quantitative estimate of drug-likeness (QED) is 0.761. The van der Waals surface area contributed by atoms with Crippen LogP contribution in [-0.4, -0.2) is 35.9 Å². The normalized spacial score (nSPS) is 14.1. The number of rotatable bonds is 7. The van der Waals surface area contributed by atoms with E-state index in [4.69, 9.17) is 9.47 Å². The van der Waals surface area contributed by atoms with Crippen molar-refractivity contribution in [1.29, 1.82) is 0 Å². The van der Waals surface area contributed by atoms with E-state index in [2.05, 4.69) is 0 Å². The van der Waals surface area contributed by atoms with E-state index < -0.39 is 0 Å². The maximum absolute atomic E-state index is 9.34. The molecule has 96 valence electrons. The molecule has 0 aromatic heterocycles. The Kier molecular flexibility index (Phi) is 6.22. The lowest BCUT2D eigenvalue weighted by atomic mass is 10.3. The minimum absolute atomic E-state index is 0.233. The lowest BCUT2D eigenvalue weighted by molar-refractivity contribution is 0.196. The van der Waals surface area contributed by atoms with Gasteiger partial charge in [-0.3, -0.25) is 0 Å². The Labute approximate surface area is 107 Å². The molecule has 0 aliphatic rings. The molecule has 17 heavy (non-hydrogen) atoms. The molecule has 0 saturated heterocycles. The molecule has 0 fully saturated rings. The van der Waals surface area contributed by atoms with Crippen molar-refractivity contribution in [3.63, 3.8) is 0 Å². The van der Waals surface area contributed by atoms with Crippen molar-refractivity contribution >= 4 is 11.8 Å². The smallest absolute Gasteiger partial charge is 0.161 e. The summed E-state index contributed by atoms with van der Waals surface area (Å²) in [6.45, 7) is 4.43. The number of ether oxygens (including phenoxy) is 2. The van der Waals surface area contributed by atoms with Crippen LogP contribution in [0.15, 0.2) is 24.3 Å². The fraction of sp³-hybridized carbons (Fsp3) is 0.538. The van der Waals surface area contributed by atoms with Gasteiger partial charge in [0, 0.05) is 11.0 Å². The monoisotopic (exact) mass is 256 g/mol. The first-order valence-electron chi connectivity index (χ1n) is 5.70. The highest BCUT2D eigenvalue weighted by Gasteiger charge is 2.09. The van der Waals surface area contributed by atoms with Gasteiger partial charge in [0.15, 0.2) is 11.5 Å². The fourth-order valence-corrected chi connectivity index (χ4v) is 2.09. The number of hydrogen-bond donors (Lipinski definition) is 1. The first kappa shape index (κ1) is 14.2. The van der Waals surface area contributed by atoms with E-state index in [1.807, 2.05) is 31.2 Å². The number of aliphatic hydroxyl groups excluding tert-OH is 1. The van der Waals surface area contributed by atoms with E-state index in [9.17, 15) is 5.11 Å². The number of hydrogen-bond acceptors (Lipinski definition) is 4. The molecule has 0 heterocycles. The predicted octanol–water partition coefficient (Wildman–Crippen LogP) is 2.58. The molecule has 1 aromatic carbocycles. The van der Waals surface area contributed by atoms with Crippen molar-refractivity contribution in [3.8, 4) is 11.5 Å². The molecule has 3 nitrogen and oxygen atoms in total. The summed E-state index contributed by atoms with van der Waals surface area (Å²) in [5.74, 6) is 2.37. The van der Waals surface area contributed by atoms with Crippen LogP contribution in [0.5, 0.6) is 11.5 Å². The second-order valence-corrected chi connectivity index (χ2v) is 5.30. The van der Waals surface area contributed by atoms with Crippen LogP contribution < -0.4 is 9.47 Å². The molecule has 2 atom stereocenters. The molecule has 0 saturated carbocycles. The number of thioether (sulfide) groups is 1.